The molecule has 160 valence electrons. The number of rotatable bonds is 6. The fraction of sp³-hybridized carbons (Fsp3) is 0.500. The van der Waals surface area contributed by atoms with Gasteiger partial charge in [-0.1, -0.05) is 36.8 Å². The molecule has 1 aromatic rings. The number of β-lactam (4-membered cyclic amide) rings is 1. The first kappa shape index (κ1) is 23.8. The van der Waals surface area contributed by atoms with Crippen LogP contribution in [0.2, 0.25) is 0 Å². The van der Waals surface area contributed by atoms with Crippen LogP contribution in [0.5, 0.6) is 0 Å². The van der Waals surface area contributed by atoms with Gasteiger partial charge < -0.3 is 30.5 Å². The molecule has 4 rings (SSSR count). The van der Waals surface area contributed by atoms with Gasteiger partial charge in [-0.2, -0.15) is 0 Å². The Kier molecular flexibility index (Phi) is 7.47. The van der Waals surface area contributed by atoms with Crippen molar-refractivity contribution >= 4 is 17.9 Å². The number of aliphatic carboxylic acids is 1. The van der Waals surface area contributed by atoms with Crippen LogP contribution in [0.25, 0.3) is 0 Å². The average Bonchev–Trinajstić information content (AvgIpc) is 3.00. The molecule has 1 aromatic carbocycles. The van der Waals surface area contributed by atoms with Gasteiger partial charge in [-0.15, -0.1) is 0 Å². The Labute approximate surface area is 203 Å². The molecule has 8 nitrogen and oxygen atoms in total. The molecule has 0 aromatic heterocycles. The molecule has 5 atom stereocenters. The number of urea groups is 1. The number of hydrogen-bond acceptors (Lipinski definition) is 5. The maximum Gasteiger partial charge on any atom is 1.00 e. The van der Waals surface area contributed by atoms with Crippen LogP contribution < -0.4 is 45.3 Å². The number of amides is 3. The summed E-state index contributed by atoms with van der Waals surface area (Å²) in [5.41, 5.74) is 1.54. The van der Waals surface area contributed by atoms with Crippen LogP contribution in [0, 0.1) is 11.8 Å². The molecule has 9 heteroatoms. The van der Waals surface area contributed by atoms with E-state index in [-0.39, 0.29) is 59.2 Å². The number of fused-ring (bicyclic) bond motifs is 3. The van der Waals surface area contributed by atoms with Gasteiger partial charge in [0.05, 0.1) is 35.8 Å². The van der Waals surface area contributed by atoms with Crippen LogP contribution in [0.1, 0.15) is 31.7 Å². The van der Waals surface area contributed by atoms with E-state index < -0.39 is 24.0 Å². The Morgan fingerprint density at radius 3 is 2.61 bits per heavy atom. The van der Waals surface area contributed by atoms with Crippen molar-refractivity contribution < 1.29 is 54.2 Å². The minimum absolute atomic E-state index is 0. The number of carboxylic acid groups (broad SMARTS) is 1. The Hall–Kier alpha value is -1.87. The Morgan fingerprint density at radius 2 is 1.97 bits per heavy atom. The van der Waals surface area contributed by atoms with E-state index >= 15 is 0 Å². The molecule has 0 radical (unpaired) electrons. The number of nitrogens with zero attached hydrogens (tertiary/aromatic N) is 1. The minimum Gasteiger partial charge on any atom is -0.543 e. The van der Waals surface area contributed by atoms with E-state index in [4.69, 9.17) is 0 Å². The van der Waals surface area contributed by atoms with Crippen LogP contribution in [0.3, 0.4) is 0 Å². The third kappa shape index (κ3) is 4.39. The summed E-state index contributed by atoms with van der Waals surface area (Å²) in [5.74, 6) is -2.59. The van der Waals surface area contributed by atoms with E-state index in [1.807, 2.05) is 30.3 Å². The third-order valence-electron chi connectivity index (χ3n) is 6.46. The average molecular weight is 435 g/mol. The molecule has 0 spiro atoms. The number of nitrogens with one attached hydrogen (secondary N) is 2. The quantitative estimate of drug-likeness (QED) is 0.323. The standard InChI is InChI=1S/C22H27N3O5.Na/c1-12(26)16-18-14-8-5-9-15(17(14)19(21(28)29)25(18)20(16)27)24-22(30)23-11-10-13-6-3-2-4-7-13;/h2-4,6-7,12,14-16,18,26H,5,8-11H2,1H3,(H,28,29)(H2,23,24,30);/q;+1/p-1/t12?,14-,15-,16+,18+;/m0./s1. The summed E-state index contributed by atoms with van der Waals surface area (Å²) >= 11 is 0. The van der Waals surface area contributed by atoms with Crippen molar-refractivity contribution in [2.75, 3.05) is 6.54 Å². The summed E-state index contributed by atoms with van der Waals surface area (Å²) in [6, 6.07) is 8.58. The first-order valence-electron chi connectivity index (χ1n) is 10.4. The predicted octanol–water partition coefficient (Wildman–Crippen LogP) is -3.07. The van der Waals surface area contributed by atoms with Gasteiger partial charge in [0, 0.05) is 12.5 Å². The van der Waals surface area contributed by atoms with Crippen LogP contribution in [0.4, 0.5) is 4.79 Å². The zero-order valence-electron chi connectivity index (χ0n) is 17.8. The molecule has 2 aliphatic heterocycles. The van der Waals surface area contributed by atoms with Gasteiger partial charge in [-0.3, -0.25) is 4.79 Å². The van der Waals surface area contributed by atoms with Crippen molar-refractivity contribution in [2.45, 2.75) is 50.8 Å². The molecule has 3 aliphatic rings. The molecule has 1 aliphatic carbocycles. The maximum absolute atomic E-state index is 12.5. The van der Waals surface area contributed by atoms with Crippen molar-refractivity contribution in [1.82, 2.24) is 15.5 Å². The smallest absolute Gasteiger partial charge is 0.543 e. The normalized spacial score (nSPS) is 27.4. The van der Waals surface area contributed by atoms with Gasteiger partial charge in [-0.05, 0) is 37.3 Å². The zero-order chi connectivity index (χ0) is 21.4. The molecule has 1 unspecified atom stereocenters. The summed E-state index contributed by atoms with van der Waals surface area (Å²) in [7, 11) is 0. The van der Waals surface area contributed by atoms with E-state index in [2.05, 4.69) is 10.6 Å². The molecule has 0 bridgehead atoms. The summed E-state index contributed by atoms with van der Waals surface area (Å²) in [6.45, 7) is 2.01. The molecular formula is C22H26N3NaO5. The van der Waals surface area contributed by atoms with Crippen LogP contribution in [-0.2, 0) is 16.0 Å². The van der Waals surface area contributed by atoms with Crippen LogP contribution >= 0.6 is 0 Å². The second kappa shape index (κ2) is 9.73. The van der Waals surface area contributed by atoms with E-state index in [0.717, 1.165) is 18.4 Å². The second-order valence-electron chi connectivity index (χ2n) is 8.28. The number of carbonyl (C=O) groups is 3. The minimum atomic E-state index is -1.41. The Morgan fingerprint density at radius 1 is 1.26 bits per heavy atom. The van der Waals surface area contributed by atoms with Crippen molar-refractivity contribution in [2.24, 2.45) is 11.8 Å². The third-order valence-corrected chi connectivity index (χ3v) is 6.46. The predicted molar refractivity (Wildman–Crippen MR) is 106 cm³/mol. The van der Waals surface area contributed by atoms with Crippen LogP contribution in [0.15, 0.2) is 41.6 Å². The van der Waals surface area contributed by atoms with Gasteiger partial charge in [0.25, 0.3) is 0 Å². The summed E-state index contributed by atoms with van der Waals surface area (Å²) in [6.07, 6.45) is 1.96. The van der Waals surface area contributed by atoms with E-state index in [9.17, 15) is 24.6 Å². The number of aliphatic hydroxyl groups excluding tert-OH is 1. The molecule has 3 N–H and O–H groups in total. The summed E-state index contributed by atoms with van der Waals surface area (Å²) < 4.78 is 0. The zero-order valence-corrected chi connectivity index (χ0v) is 19.8. The molecule has 31 heavy (non-hydrogen) atoms. The first-order valence-corrected chi connectivity index (χ1v) is 10.4. The molecule has 2 heterocycles. The summed E-state index contributed by atoms with van der Waals surface area (Å²) in [5, 5.41) is 27.6. The van der Waals surface area contributed by atoms with Gasteiger partial charge in [-0.25, -0.2) is 4.79 Å². The monoisotopic (exact) mass is 435 g/mol. The first-order chi connectivity index (χ1) is 14.4. The molecule has 2 fully saturated rings. The molecule has 1 saturated heterocycles. The van der Waals surface area contributed by atoms with Crippen molar-refractivity contribution in [1.29, 1.82) is 0 Å². The Balaban J connectivity index is 0.00000272. The fourth-order valence-electron chi connectivity index (χ4n) is 5.20. The molecule has 1 saturated carbocycles. The van der Waals surface area contributed by atoms with Crippen molar-refractivity contribution in [3.05, 3.63) is 47.2 Å². The van der Waals surface area contributed by atoms with E-state index in [0.29, 0.717) is 25.0 Å². The number of carbonyl (C=O) groups excluding carboxylic acids is 3. The van der Waals surface area contributed by atoms with Gasteiger partial charge in [0.15, 0.2) is 0 Å². The van der Waals surface area contributed by atoms with Crippen molar-refractivity contribution in [3.8, 4) is 0 Å². The van der Waals surface area contributed by atoms with Gasteiger partial charge in [0.1, 0.15) is 0 Å². The topological polar surface area (TPSA) is 122 Å². The number of aliphatic hydroxyl groups is 1. The number of hydrogen-bond donors (Lipinski definition) is 3. The van der Waals surface area contributed by atoms with Crippen LogP contribution in [-0.4, -0.2) is 52.6 Å². The number of benzene rings is 1. The SMILES string of the molecule is CC(O)[C@H]1C(=O)N2C(C(=O)[O-])=C3[C@@H](NC(=O)NCCc4ccccc4)CCC[C@@H]3[C@H]12.[Na+]. The fourth-order valence-corrected chi connectivity index (χ4v) is 5.20. The molecular weight excluding hydrogens is 409 g/mol. The largest absolute Gasteiger partial charge is 1.00 e. The Bertz CT molecular complexity index is 888. The molecule has 3 amide bonds. The van der Waals surface area contributed by atoms with Crippen molar-refractivity contribution in [3.63, 3.8) is 0 Å². The van der Waals surface area contributed by atoms with Gasteiger partial charge in [0.2, 0.25) is 5.91 Å². The van der Waals surface area contributed by atoms with E-state index in [1.54, 1.807) is 6.92 Å². The summed E-state index contributed by atoms with van der Waals surface area (Å²) in [4.78, 5) is 38.1. The number of carboxylic acids is 1. The maximum atomic E-state index is 12.5. The van der Waals surface area contributed by atoms with E-state index in [1.165, 1.54) is 4.90 Å². The van der Waals surface area contributed by atoms with Gasteiger partial charge >= 0.3 is 35.6 Å². The second-order valence-corrected chi connectivity index (χ2v) is 8.28.